The third-order valence-corrected chi connectivity index (χ3v) is 4.31. The summed E-state index contributed by atoms with van der Waals surface area (Å²) in [7, 11) is 0. The molecule has 2 atom stereocenters. The van der Waals surface area contributed by atoms with Crippen molar-refractivity contribution < 1.29 is 14.8 Å². The summed E-state index contributed by atoms with van der Waals surface area (Å²) in [5.41, 5.74) is 1.29. The van der Waals surface area contributed by atoms with Crippen LogP contribution in [-0.4, -0.2) is 22.0 Å². The van der Waals surface area contributed by atoms with E-state index in [0.717, 1.165) is 12.8 Å². The van der Waals surface area contributed by atoms with Crippen LogP contribution in [0.2, 0.25) is 0 Å². The molecule has 0 aromatic heterocycles. The summed E-state index contributed by atoms with van der Waals surface area (Å²) in [4.78, 5) is 21.6. The van der Waals surface area contributed by atoms with Crippen molar-refractivity contribution >= 4 is 33.3 Å². The number of aryl methyl sites for hydroxylation is 1. The number of aliphatic carboxylic acids is 1. The number of carboxylic acid groups (broad SMARTS) is 1. The maximum absolute atomic E-state index is 11.2. The Hall–Kier alpha value is -1.63. The smallest absolute Gasteiger partial charge is 0.308 e. The molecule has 2 rings (SSSR count). The normalized spacial score (nSPS) is 21.7. The number of hydrogen-bond donors (Lipinski definition) is 2. The lowest BCUT2D eigenvalue weighted by Gasteiger charge is -2.20. The lowest BCUT2D eigenvalue weighted by atomic mass is 10.0. The number of nitrogens with one attached hydrogen (secondary N) is 1. The van der Waals surface area contributed by atoms with Gasteiger partial charge in [-0.05, 0) is 41.8 Å². The van der Waals surface area contributed by atoms with Crippen LogP contribution in [0.3, 0.4) is 0 Å². The topological polar surface area (TPSA) is 92.5 Å². The van der Waals surface area contributed by atoms with Gasteiger partial charge in [0, 0.05) is 27.8 Å². The van der Waals surface area contributed by atoms with Gasteiger partial charge < -0.3 is 10.4 Å². The van der Waals surface area contributed by atoms with E-state index in [0.29, 0.717) is 22.1 Å². The molecule has 2 N–H and O–H groups in total. The first-order chi connectivity index (χ1) is 9.40. The number of nitrogens with zero attached hydrogens (tertiary/aromatic N) is 1. The lowest BCUT2D eigenvalue weighted by molar-refractivity contribution is -0.385. The van der Waals surface area contributed by atoms with Crippen molar-refractivity contribution in [3.8, 4) is 0 Å². The Balaban J connectivity index is 2.24. The number of hydrogen-bond acceptors (Lipinski definition) is 4. The van der Waals surface area contributed by atoms with E-state index >= 15 is 0 Å². The highest BCUT2D eigenvalue weighted by atomic mass is 79.9. The van der Waals surface area contributed by atoms with Crippen LogP contribution in [0, 0.1) is 23.0 Å². The van der Waals surface area contributed by atoms with Gasteiger partial charge in [0.25, 0.3) is 5.69 Å². The monoisotopic (exact) mass is 342 g/mol. The molecule has 7 heteroatoms. The molecule has 1 aliphatic rings. The van der Waals surface area contributed by atoms with Gasteiger partial charge in [-0.2, -0.15) is 0 Å². The number of rotatable bonds is 4. The van der Waals surface area contributed by atoms with Crippen LogP contribution >= 0.6 is 15.9 Å². The molecule has 1 aromatic rings. The molecule has 0 amide bonds. The zero-order valence-electron chi connectivity index (χ0n) is 10.9. The number of nitro benzene ring substituents is 1. The Labute approximate surface area is 124 Å². The number of nitro groups is 1. The maximum atomic E-state index is 11.2. The zero-order valence-corrected chi connectivity index (χ0v) is 12.5. The summed E-state index contributed by atoms with van der Waals surface area (Å²) in [5, 5.41) is 23.2. The molecule has 0 heterocycles. The van der Waals surface area contributed by atoms with Gasteiger partial charge >= 0.3 is 5.97 Å². The van der Waals surface area contributed by atoms with E-state index in [2.05, 4.69) is 21.2 Å². The largest absolute Gasteiger partial charge is 0.481 e. The minimum absolute atomic E-state index is 0.0450. The summed E-state index contributed by atoms with van der Waals surface area (Å²) in [5.74, 6) is -1.20. The second kappa shape index (κ2) is 5.78. The van der Waals surface area contributed by atoms with Crippen LogP contribution in [0.25, 0.3) is 0 Å². The Morgan fingerprint density at radius 1 is 1.50 bits per heavy atom. The third-order valence-electron chi connectivity index (χ3n) is 3.66. The second-order valence-corrected chi connectivity index (χ2v) is 5.86. The maximum Gasteiger partial charge on any atom is 0.308 e. The first-order valence-corrected chi connectivity index (χ1v) is 7.13. The molecule has 0 radical (unpaired) electrons. The summed E-state index contributed by atoms with van der Waals surface area (Å²) in [6.45, 7) is 1.67. The highest BCUT2D eigenvalue weighted by Gasteiger charge is 2.33. The molecule has 0 aliphatic heterocycles. The molecular formula is C13H15BrN2O4. The van der Waals surface area contributed by atoms with Gasteiger partial charge in [0.2, 0.25) is 0 Å². The van der Waals surface area contributed by atoms with Crippen LogP contribution in [0.15, 0.2) is 16.6 Å². The number of carboxylic acids is 1. The molecule has 0 bridgehead atoms. The molecular weight excluding hydrogens is 328 g/mol. The minimum Gasteiger partial charge on any atom is -0.481 e. The molecule has 1 fully saturated rings. The van der Waals surface area contributed by atoms with E-state index < -0.39 is 16.8 Å². The predicted molar refractivity (Wildman–Crippen MR) is 77.9 cm³/mol. The Kier molecular flexibility index (Phi) is 4.27. The van der Waals surface area contributed by atoms with E-state index in [-0.39, 0.29) is 11.7 Å². The van der Waals surface area contributed by atoms with Gasteiger partial charge in [-0.1, -0.05) is 6.42 Å². The third kappa shape index (κ3) is 2.92. The number of halogens is 1. The Bertz CT molecular complexity index is 562. The Morgan fingerprint density at radius 2 is 2.20 bits per heavy atom. The number of anilines is 1. The highest BCUT2D eigenvalue weighted by molar-refractivity contribution is 9.10. The van der Waals surface area contributed by atoms with E-state index in [1.807, 2.05) is 0 Å². The fraction of sp³-hybridized carbons (Fsp3) is 0.462. The summed E-state index contributed by atoms with van der Waals surface area (Å²) in [6, 6.07) is 2.99. The summed E-state index contributed by atoms with van der Waals surface area (Å²) >= 11 is 3.30. The average Bonchev–Trinajstić information content (AvgIpc) is 2.81. The fourth-order valence-corrected chi connectivity index (χ4v) is 3.05. The average molecular weight is 343 g/mol. The molecule has 0 spiro atoms. The lowest BCUT2D eigenvalue weighted by Crippen LogP contribution is -2.29. The Morgan fingerprint density at radius 3 is 2.80 bits per heavy atom. The quantitative estimate of drug-likeness (QED) is 0.646. The van der Waals surface area contributed by atoms with Crippen LogP contribution < -0.4 is 5.32 Å². The van der Waals surface area contributed by atoms with Crippen molar-refractivity contribution in [1.29, 1.82) is 0 Å². The van der Waals surface area contributed by atoms with Crippen LogP contribution in [0.4, 0.5) is 11.4 Å². The zero-order chi connectivity index (χ0) is 14.9. The number of benzene rings is 1. The molecule has 1 saturated carbocycles. The first kappa shape index (κ1) is 14.8. The van der Waals surface area contributed by atoms with E-state index in [1.165, 1.54) is 6.07 Å². The van der Waals surface area contributed by atoms with Gasteiger partial charge in [0.05, 0.1) is 10.8 Å². The molecule has 108 valence electrons. The summed E-state index contributed by atoms with van der Waals surface area (Å²) < 4.78 is 0.575. The molecule has 20 heavy (non-hydrogen) atoms. The second-order valence-electron chi connectivity index (χ2n) is 5.00. The van der Waals surface area contributed by atoms with Gasteiger partial charge in [-0.25, -0.2) is 0 Å². The number of carbonyl (C=O) groups is 1. The van der Waals surface area contributed by atoms with Crippen molar-refractivity contribution in [2.75, 3.05) is 5.32 Å². The molecule has 6 nitrogen and oxygen atoms in total. The van der Waals surface area contributed by atoms with E-state index in [4.69, 9.17) is 5.11 Å². The summed E-state index contributed by atoms with van der Waals surface area (Å²) in [6.07, 6.45) is 2.33. The minimum atomic E-state index is -0.797. The van der Waals surface area contributed by atoms with Crippen molar-refractivity contribution in [2.45, 2.75) is 32.2 Å². The van der Waals surface area contributed by atoms with Crippen molar-refractivity contribution in [1.82, 2.24) is 0 Å². The van der Waals surface area contributed by atoms with Gasteiger partial charge in [-0.3, -0.25) is 14.9 Å². The van der Waals surface area contributed by atoms with Crippen LogP contribution in [0.5, 0.6) is 0 Å². The van der Waals surface area contributed by atoms with Crippen molar-refractivity contribution in [3.63, 3.8) is 0 Å². The fourth-order valence-electron chi connectivity index (χ4n) is 2.61. The van der Waals surface area contributed by atoms with Gasteiger partial charge in [0.1, 0.15) is 0 Å². The van der Waals surface area contributed by atoms with E-state index in [1.54, 1.807) is 13.0 Å². The molecule has 1 aromatic carbocycles. The van der Waals surface area contributed by atoms with Gasteiger partial charge in [-0.15, -0.1) is 0 Å². The van der Waals surface area contributed by atoms with Crippen molar-refractivity contribution in [3.05, 3.63) is 32.3 Å². The standard InChI is InChI=1S/C13H15BrN2O4/c1-7-5-11(9(14)6-12(7)16(19)20)15-10-4-2-3-8(10)13(17)18/h5-6,8,10,15H,2-4H2,1H3,(H,17,18). The molecule has 0 saturated heterocycles. The molecule has 2 unspecified atom stereocenters. The van der Waals surface area contributed by atoms with Crippen molar-refractivity contribution in [2.24, 2.45) is 5.92 Å². The van der Waals surface area contributed by atoms with Gasteiger partial charge in [0.15, 0.2) is 0 Å². The SMILES string of the molecule is Cc1cc(NC2CCCC2C(=O)O)c(Br)cc1[N+](=O)[O-]. The van der Waals surface area contributed by atoms with Crippen LogP contribution in [-0.2, 0) is 4.79 Å². The van der Waals surface area contributed by atoms with Crippen LogP contribution in [0.1, 0.15) is 24.8 Å². The molecule has 1 aliphatic carbocycles. The predicted octanol–water partition coefficient (Wildman–Crippen LogP) is 3.33. The highest BCUT2D eigenvalue weighted by Crippen LogP contribution is 2.34. The first-order valence-electron chi connectivity index (χ1n) is 6.34. The van der Waals surface area contributed by atoms with E-state index in [9.17, 15) is 14.9 Å².